The molecule has 1 aliphatic rings. The number of esters is 1. The van der Waals surface area contributed by atoms with Crippen molar-refractivity contribution in [2.24, 2.45) is 0 Å². The lowest BCUT2D eigenvalue weighted by molar-refractivity contribution is 0.00458. The predicted molar refractivity (Wildman–Crippen MR) is 110 cm³/mol. The van der Waals surface area contributed by atoms with E-state index in [2.05, 4.69) is 5.10 Å². The molecule has 166 valence electrons. The van der Waals surface area contributed by atoms with Gasteiger partial charge in [0.15, 0.2) is 6.23 Å². The van der Waals surface area contributed by atoms with Gasteiger partial charge in [-0.1, -0.05) is 18.2 Å². The molecule has 9 nitrogen and oxygen atoms in total. The Morgan fingerprint density at radius 3 is 2.26 bits per heavy atom. The number of benzene rings is 1. The second kappa shape index (κ2) is 7.81. The van der Waals surface area contributed by atoms with Gasteiger partial charge in [0.25, 0.3) is 5.91 Å². The summed E-state index contributed by atoms with van der Waals surface area (Å²) in [6.07, 6.45) is -0.751. The van der Waals surface area contributed by atoms with Gasteiger partial charge in [0.05, 0.1) is 18.4 Å². The number of hydrogen-bond acceptors (Lipinski definition) is 7. The van der Waals surface area contributed by atoms with Crippen LogP contribution < -0.4 is 0 Å². The zero-order chi connectivity index (χ0) is 23.1. The number of carbonyl (C=O) groups is 3. The van der Waals surface area contributed by atoms with E-state index in [0.717, 1.165) is 4.68 Å². The molecule has 0 spiro atoms. The van der Waals surface area contributed by atoms with Crippen LogP contribution in [0.5, 0.6) is 0 Å². The highest BCUT2D eigenvalue weighted by atomic mass is 16.6. The maximum absolute atomic E-state index is 12.8. The number of fused-ring (bicyclic) bond motifs is 1. The van der Waals surface area contributed by atoms with Crippen LogP contribution in [0.4, 0.5) is 4.79 Å². The first kappa shape index (κ1) is 22.5. The summed E-state index contributed by atoms with van der Waals surface area (Å²) in [5.41, 5.74) is -0.574. The van der Waals surface area contributed by atoms with Crippen LogP contribution in [0.15, 0.2) is 30.5 Å². The Kier molecular flexibility index (Phi) is 5.66. The number of aromatic nitrogens is 2. The first-order valence-electron chi connectivity index (χ1n) is 9.90. The number of carbonyl (C=O) groups excluding carboxylic acids is 3. The third-order valence-corrected chi connectivity index (χ3v) is 4.34. The Morgan fingerprint density at radius 1 is 1.06 bits per heavy atom. The highest BCUT2D eigenvalue weighted by Crippen LogP contribution is 2.33. The van der Waals surface area contributed by atoms with Gasteiger partial charge in [-0.25, -0.2) is 9.59 Å². The molecule has 0 bridgehead atoms. The van der Waals surface area contributed by atoms with Crippen molar-refractivity contribution < 1.29 is 29.0 Å². The van der Waals surface area contributed by atoms with E-state index in [-0.39, 0.29) is 17.8 Å². The third-order valence-electron chi connectivity index (χ3n) is 4.34. The largest absolute Gasteiger partial charge is 0.456 e. The Bertz CT molecular complexity index is 1030. The lowest BCUT2D eigenvalue weighted by atomic mass is 10.1. The molecule has 31 heavy (non-hydrogen) atoms. The van der Waals surface area contributed by atoms with Gasteiger partial charge in [-0.05, 0) is 47.6 Å². The van der Waals surface area contributed by atoms with Crippen LogP contribution >= 0.6 is 0 Å². The monoisotopic (exact) mass is 429 g/mol. The molecule has 1 aliphatic heterocycles. The van der Waals surface area contributed by atoms with Crippen molar-refractivity contribution in [3.05, 3.63) is 52.8 Å². The molecule has 2 heterocycles. The van der Waals surface area contributed by atoms with Gasteiger partial charge in [0, 0.05) is 11.1 Å². The molecule has 0 fully saturated rings. The molecule has 1 aromatic carbocycles. The average molecular weight is 429 g/mol. The molecule has 9 heteroatoms. The summed E-state index contributed by atoms with van der Waals surface area (Å²) in [5.74, 6) is -1.10. The Balaban J connectivity index is 1.95. The van der Waals surface area contributed by atoms with E-state index >= 15 is 0 Å². The van der Waals surface area contributed by atoms with Crippen LogP contribution in [0.1, 0.15) is 79.7 Å². The van der Waals surface area contributed by atoms with Crippen molar-refractivity contribution in [2.75, 3.05) is 0 Å². The molecule has 1 amide bonds. The number of aliphatic hydroxyl groups is 1. The SMILES string of the molecule is CC(C)(C)OC(=O)c1cn(C(=O)OC(C)(C)C)nc1CN1C(=O)c2ccccc2C1O. The van der Waals surface area contributed by atoms with Crippen LogP contribution in [0.2, 0.25) is 0 Å². The minimum atomic E-state index is -1.19. The van der Waals surface area contributed by atoms with E-state index < -0.39 is 35.4 Å². The van der Waals surface area contributed by atoms with Crippen LogP contribution in [0.3, 0.4) is 0 Å². The van der Waals surface area contributed by atoms with Gasteiger partial charge in [-0.15, -0.1) is 0 Å². The summed E-state index contributed by atoms with van der Waals surface area (Å²) in [6.45, 7) is 10.1. The van der Waals surface area contributed by atoms with Crippen LogP contribution in [0, 0.1) is 0 Å². The van der Waals surface area contributed by atoms with Crippen LogP contribution in [-0.4, -0.2) is 49.0 Å². The molecule has 1 unspecified atom stereocenters. The van der Waals surface area contributed by atoms with E-state index in [1.54, 1.807) is 65.8 Å². The molecule has 0 saturated heterocycles. The fraction of sp³-hybridized carbons (Fsp3) is 0.455. The summed E-state index contributed by atoms with van der Waals surface area (Å²) in [4.78, 5) is 39.2. The molecular weight excluding hydrogens is 402 g/mol. The third kappa shape index (κ3) is 4.93. The molecule has 0 aliphatic carbocycles. The zero-order valence-electron chi connectivity index (χ0n) is 18.5. The maximum atomic E-state index is 12.8. The van der Waals surface area contributed by atoms with E-state index in [0.29, 0.717) is 11.1 Å². The second-order valence-electron chi connectivity index (χ2n) is 9.31. The molecular formula is C22H27N3O6. The van der Waals surface area contributed by atoms with Gasteiger partial charge in [0.1, 0.15) is 16.8 Å². The molecule has 0 saturated carbocycles. The van der Waals surface area contributed by atoms with Gasteiger partial charge in [-0.3, -0.25) is 4.79 Å². The van der Waals surface area contributed by atoms with Gasteiger partial charge < -0.3 is 19.5 Å². The minimum Gasteiger partial charge on any atom is -0.456 e. The lowest BCUT2D eigenvalue weighted by Gasteiger charge is -2.21. The minimum absolute atomic E-state index is 0.0109. The van der Waals surface area contributed by atoms with Gasteiger partial charge in [-0.2, -0.15) is 9.78 Å². The topological polar surface area (TPSA) is 111 Å². The Labute approximate surface area is 180 Å². The summed E-state index contributed by atoms with van der Waals surface area (Å²) >= 11 is 0. The van der Waals surface area contributed by atoms with Gasteiger partial charge in [0.2, 0.25) is 0 Å². The summed E-state index contributed by atoms with van der Waals surface area (Å²) < 4.78 is 11.6. The maximum Gasteiger partial charge on any atom is 0.435 e. The number of rotatable bonds is 3. The smallest absolute Gasteiger partial charge is 0.435 e. The molecule has 0 radical (unpaired) electrons. The number of nitrogens with zero attached hydrogens (tertiary/aromatic N) is 3. The molecule has 1 N–H and O–H groups in total. The molecule has 2 aromatic rings. The summed E-state index contributed by atoms with van der Waals surface area (Å²) in [7, 11) is 0. The van der Waals surface area contributed by atoms with Crippen molar-refractivity contribution >= 4 is 18.0 Å². The summed E-state index contributed by atoms with van der Waals surface area (Å²) in [5, 5.41) is 14.8. The highest BCUT2D eigenvalue weighted by molar-refractivity contribution is 5.99. The van der Waals surface area contributed by atoms with E-state index in [9.17, 15) is 19.5 Å². The fourth-order valence-electron chi connectivity index (χ4n) is 3.10. The number of amides is 1. The second-order valence-corrected chi connectivity index (χ2v) is 9.31. The van der Waals surface area contributed by atoms with E-state index in [1.807, 2.05) is 0 Å². The van der Waals surface area contributed by atoms with Crippen molar-refractivity contribution in [3.8, 4) is 0 Å². The standard InChI is InChI=1S/C22H27N3O6/c1-21(2,3)30-19(28)15-11-25(20(29)31-22(4,5)6)23-16(15)12-24-17(26)13-9-7-8-10-14(13)18(24)27/h7-11,17,26H,12H2,1-6H3. The average Bonchev–Trinajstić information content (AvgIpc) is 3.15. The lowest BCUT2D eigenvalue weighted by Crippen LogP contribution is -2.29. The normalized spacial score (nSPS) is 16.3. The van der Waals surface area contributed by atoms with E-state index in [4.69, 9.17) is 9.47 Å². The molecule has 3 rings (SSSR count). The van der Waals surface area contributed by atoms with Crippen molar-refractivity contribution in [2.45, 2.75) is 65.5 Å². The van der Waals surface area contributed by atoms with Gasteiger partial charge >= 0.3 is 12.1 Å². The van der Waals surface area contributed by atoms with Crippen LogP contribution in [0.25, 0.3) is 0 Å². The quantitative estimate of drug-likeness (QED) is 0.746. The Hall–Kier alpha value is -3.20. The number of ether oxygens (including phenoxy) is 2. The zero-order valence-corrected chi connectivity index (χ0v) is 18.5. The fourth-order valence-corrected chi connectivity index (χ4v) is 3.10. The highest BCUT2D eigenvalue weighted by Gasteiger charge is 2.37. The Morgan fingerprint density at radius 2 is 1.68 bits per heavy atom. The first-order chi connectivity index (χ1) is 14.3. The van der Waals surface area contributed by atoms with Crippen molar-refractivity contribution in [1.82, 2.24) is 14.7 Å². The summed E-state index contributed by atoms with van der Waals surface area (Å²) in [6, 6.07) is 6.71. The number of aliphatic hydroxyl groups excluding tert-OH is 1. The van der Waals surface area contributed by atoms with Crippen LogP contribution in [-0.2, 0) is 16.0 Å². The van der Waals surface area contributed by atoms with Crippen molar-refractivity contribution in [1.29, 1.82) is 0 Å². The van der Waals surface area contributed by atoms with Crippen molar-refractivity contribution in [3.63, 3.8) is 0 Å². The molecule has 1 aromatic heterocycles. The number of hydrogen-bond donors (Lipinski definition) is 1. The van der Waals surface area contributed by atoms with E-state index in [1.165, 1.54) is 11.1 Å². The predicted octanol–water partition coefficient (Wildman–Crippen LogP) is 3.27. The molecule has 1 atom stereocenters. The first-order valence-corrected chi connectivity index (χ1v) is 9.90.